The highest BCUT2D eigenvalue weighted by Crippen LogP contribution is 2.20. The summed E-state index contributed by atoms with van der Waals surface area (Å²) in [7, 11) is 0. The van der Waals surface area contributed by atoms with Crippen molar-refractivity contribution in [2.45, 2.75) is 31.8 Å². The van der Waals surface area contributed by atoms with E-state index in [4.69, 9.17) is 4.74 Å². The van der Waals surface area contributed by atoms with Crippen LogP contribution in [0, 0.1) is 0 Å². The Morgan fingerprint density at radius 1 is 1.38 bits per heavy atom. The van der Waals surface area contributed by atoms with Crippen LogP contribution in [0.2, 0.25) is 0 Å². The summed E-state index contributed by atoms with van der Waals surface area (Å²) in [5, 5.41) is 3.45. The van der Waals surface area contributed by atoms with Crippen molar-refractivity contribution in [2.24, 2.45) is 0 Å². The molecule has 0 amide bonds. The first-order chi connectivity index (χ1) is 7.88. The van der Waals surface area contributed by atoms with Gasteiger partial charge in [0.2, 0.25) is 0 Å². The molecule has 1 aliphatic rings. The minimum absolute atomic E-state index is 0.317. The van der Waals surface area contributed by atoms with Gasteiger partial charge in [-0.25, -0.2) is 0 Å². The molecule has 0 spiro atoms. The van der Waals surface area contributed by atoms with Gasteiger partial charge >= 0.3 is 0 Å². The molecule has 1 aliphatic carbocycles. The third kappa shape index (κ3) is 3.81. The summed E-state index contributed by atoms with van der Waals surface area (Å²) >= 11 is 0. The van der Waals surface area contributed by atoms with E-state index in [0.29, 0.717) is 13.0 Å². The molecule has 2 rings (SSSR count). The maximum Gasteiger partial charge on any atom is 0.119 e. The minimum atomic E-state index is -0.317. The Morgan fingerprint density at radius 2 is 2.25 bits per heavy atom. The van der Waals surface area contributed by atoms with Crippen molar-refractivity contribution in [3.8, 4) is 5.75 Å². The summed E-state index contributed by atoms with van der Waals surface area (Å²) in [6.07, 6.45) is 3.06. The number of benzene rings is 1. The quantitative estimate of drug-likeness (QED) is 0.718. The summed E-state index contributed by atoms with van der Waals surface area (Å²) in [6.45, 7) is 1.03. The Kier molecular flexibility index (Phi) is 4.17. The van der Waals surface area contributed by atoms with Gasteiger partial charge in [0.05, 0.1) is 13.3 Å². The molecule has 0 bridgehead atoms. The number of hydrogen-bond donors (Lipinski definition) is 1. The van der Waals surface area contributed by atoms with E-state index in [9.17, 15) is 4.39 Å². The van der Waals surface area contributed by atoms with Crippen molar-refractivity contribution in [1.29, 1.82) is 0 Å². The molecule has 0 atom stereocenters. The van der Waals surface area contributed by atoms with Crippen molar-refractivity contribution in [3.05, 3.63) is 29.8 Å². The molecule has 3 heteroatoms. The summed E-state index contributed by atoms with van der Waals surface area (Å²) in [6, 6.07) is 8.72. The Hall–Kier alpha value is -1.09. The normalized spacial score (nSPS) is 15.1. The Morgan fingerprint density at radius 3 is 3.00 bits per heavy atom. The van der Waals surface area contributed by atoms with E-state index in [1.54, 1.807) is 0 Å². The predicted molar refractivity (Wildman–Crippen MR) is 62.4 cm³/mol. The maximum absolute atomic E-state index is 11.9. The Labute approximate surface area is 95.8 Å². The highest BCUT2D eigenvalue weighted by Gasteiger charge is 2.19. The molecular weight excluding hydrogens is 205 g/mol. The Balaban J connectivity index is 1.80. The molecule has 1 aromatic carbocycles. The van der Waals surface area contributed by atoms with Gasteiger partial charge in [0.15, 0.2) is 0 Å². The fourth-order valence-electron chi connectivity index (χ4n) is 1.54. The molecule has 0 heterocycles. The highest BCUT2D eigenvalue weighted by molar-refractivity contribution is 5.28. The maximum atomic E-state index is 11.9. The number of hydrogen-bond acceptors (Lipinski definition) is 2. The van der Waals surface area contributed by atoms with Crippen LogP contribution in [0.25, 0.3) is 0 Å². The van der Waals surface area contributed by atoms with Gasteiger partial charge in [-0.05, 0) is 30.5 Å². The lowest BCUT2D eigenvalue weighted by atomic mass is 10.2. The second-order valence-electron chi connectivity index (χ2n) is 4.19. The van der Waals surface area contributed by atoms with Gasteiger partial charge in [-0.1, -0.05) is 12.1 Å². The van der Waals surface area contributed by atoms with E-state index in [2.05, 4.69) is 11.4 Å². The standard InChI is InChI=1S/C13H18FNO/c14-7-2-8-16-13-4-1-3-11(9-13)10-15-12-5-6-12/h1,3-4,9,12,15H,2,5-8,10H2. The number of nitrogens with one attached hydrogen (secondary N) is 1. The summed E-state index contributed by atoms with van der Waals surface area (Å²) in [5.74, 6) is 0.837. The molecule has 1 saturated carbocycles. The van der Waals surface area contributed by atoms with Crippen LogP contribution in [0.15, 0.2) is 24.3 Å². The average molecular weight is 223 g/mol. The second kappa shape index (κ2) is 5.85. The topological polar surface area (TPSA) is 21.3 Å². The van der Waals surface area contributed by atoms with Crippen molar-refractivity contribution in [1.82, 2.24) is 5.32 Å². The molecule has 1 N–H and O–H groups in total. The smallest absolute Gasteiger partial charge is 0.119 e. The van der Waals surface area contributed by atoms with Crippen LogP contribution < -0.4 is 10.1 Å². The zero-order valence-corrected chi connectivity index (χ0v) is 9.42. The van der Waals surface area contributed by atoms with Gasteiger partial charge in [-0.3, -0.25) is 4.39 Å². The van der Waals surface area contributed by atoms with Crippen molar-refractivity contribution >= 4 is 0 Å². The lowest BCUT2D eigenvalue weighted by Gasteiger charge is -2.07. The van der Waals surface area contributed by atoms with Gasteiger partial charge in [0, 0.05) is 19.0 Å². The average Bonchev–Trinajstić information content (AvgIpc) is 3.11. The summed E-state index contributed by atoms with van der Waals surface area (Å²) < 4.78 is 17.3. The first-order valence-electron chi connectivity index (χ1n) is 5.89. The fourth-order valence-corrected chi connectivity index (χ4v) is 1.54. The minimum Gasteiger partial charge on any atom is -0.493 e. The van der Waals surface area contributed by atoms with E-state index < -0.39 is 0 Å². The fraction of sp³-hybridized carbons (Fsp3) is 0.538. The molecule has 88 valence electrons. The van der Waals surface area contributed by atoms with Crippen LogP contribution in [-0.4, -0.2) is 19.3 Å². The van der Waals surface area contributed by atoms with E-state index in [0.717, 1.165) is 18.3 Å². The summed E-state index contributed by atoms with van der Waals surface area (Å²) in [5.41, 5.74) is 1.23. The number of ether oxygens (including phenoxy) is 1. The van der Waals surface area contributed by atoms with Crippen molar-refractivity contribution in [3.63, 3.8) is 0 Å². The Bertz CT molecular complexity index is 325. The molecule has 0 unspecified atom stereocenters. The molecule has 0 radical (unpaired) electrons. The first-order valence-corrected chi connectivity index (χ1v) is 5.89. The lowest BCUT2D eigenvalue weighted by molar-refractivity contribution is 0.289. The van der Waals surface area contributed by atoms with Gasteiger partial charge in [-0.15, -0.1) is 0 Å². The highest BCUT2D eigenvalue weighted by atomic mass is 19.1. The van der Waals surface area contributed by atoms with Gasteiger partial charge in [-0.2, -0.15) is 0 Å². The molecule has 2 nitrogen and oxygen atoms in total. The van der Waals surface area contributed by atoms with E-state index in [-0.39, 0.29) is 6.67 Å². The van der Waals surface area contributed by atoms with Crippen LogP contribution >= 0.6 is 0 Å². The SMILES string of the molecule is FCCCOc1cccc(CNC2CC2)c1. The predicted octanol–water partition coefficient (Wildman–Crippen LogP) is 2.68. The van der Waals surface area contributed by atoms with Crippen LogP contribution in [0.4, 0.5) is 4.39 Å². The molecule has 0 aromatic heterocycles. The lowest BCUT2D eigenvalue weighted by Crippen LogP contribution is -2.15. The largest absolute Gasteiger partial charge is 0.493 e. The van der Waals surface area contributed by atoms with Crippen molar-refractivity contribution < 1.29 is 9.13 Å². The molecule has 0 aliphatic heterocycles. The monoisotopic (exact) mass is 223 g/mol. The van der Waals surface area contributed by atoms with Crippen LogP contribution in [0.3, 0.4) is 0 Å². The third-order valence-electron chi connectivity index (χ3n) is 2.62. The van der Waals surface area contributed by atoms with E-state index in [1.165, 1.54) is 18.4 Å². The third-order valence-corrected chi connectivity index (χ3v) is 2.62. The van der Waals surface area contributed by atoms with Gasteiger partial charge < -0.3 is 10.1 Å². The van der Waals surface area contributed by atoms with Crippen LogP contribution in [-0.2, 0) is 6.54 Å². The van der Waals surface area contributed by atoms with Crippen LogP contribution in [0.5, 0.6) is 5.75 Å². The van der Waals surface area contributed by atoms with E-state index in [1.807, 2.05) is 18.2 Å². The van der Waals surface area contributed by atoms with E-state index >= 15 is 0 Å². The second-order valence-corrected chi connectivity index (χ2v) is 4.19. The zero-order valence-electron chi connectivity index (χ0n) is 9.42. The summed E-state index contributed by atoms with van der Waals surface area (Å²) in [4.78, 5) is 0. The molecule has 1 aromatic rings. The molecule has 0 saturated heterocycles. The zero-order chi connectivity index (χ0) is 11.2. The molecule has 16 heavy (non-hydrogen) atoms. The van der Waals surface area contributed by atoms with Gasteiger partial charge in [0.25, 0.3) is 0 Å². The molecule has 1 fully saturated rings. The number of halogens is 1. The van der Waals surface area contributed by atoms with Crippen LogP contribution in [0.1, 0.15) is 24.8 Å². The number of alkyl halides is 1. The van der Waals surface area contributed by atoms with Crippen molar-refractivity contribution in [2.75, 3.05) is 13.3 Å². The first kappa shape index (κ1) is 11.4. The number of rotatable bonds is 7. The van der Waals surface area contributed by atoms with Gasteiger partial charge in [0.1, 0.15) is 5.75 Å². The molecular formula is C13H18FNO.